The molecular formula is C50H65Cl2N3O5Si2. The van der Waals surface area contributed by atoms with E-state index in [1.807, 2.05) is 53.2 Å². The van der Waals surface area contributed by atoms with Gasteiger partial charge >= 0.3 is 0 Å². The van der Waals surface area contributed by atoms with Crippen LogP contribution in [0.3, 0.4) is 0 Å². The van der Waals surface area contributed by atoms with Crippen LogP contribution >= 0.6 is 23.2 Å². The summed E-state index contributed by atoms with van der Waals surface area (Å²) in [6.45, 7) is 25.0. The number of ether oxygens (including phenoxy) is 2. The second-order valence-electron chi connectivity index (χ2n) is 20.1. The van der Waals surface area contributed by atoms with Gasteiger partial charge in [-0.15, -0.1) is 0 Å². The smallest absolute Gasteiger partial charge is 0.255 e. The molecule has 2 aliphatic heterocycles. The quantitative estimate of drug-likeness (QED) is 0.110. The van der Waals surface area contributed by atoms with Crippen molar-refractivity contribution in [1.82, 2.24) is 14.3 Å². The zero-order valence-corrected chi connectivity index (χ0v) is 41.8. The lowest BCUT2D eigenvalue weighted by Crippen LogP contribution is -2.43. The third-order valence-corrected chi connectivity index (χ3v) is 23.3. The fourth-order valence-electron chi connectivity index (χ4n) is 7.96. The van der Waals surface area contributed by atoms with Crippen LogP contribution in [-0.2, 0) is 18.3 Å². The molecule has 0 N–H and O–H groups in total. The minimum atomic E-state index is -2.30. The lowest BCUT2D eigenvalue weighted by molar-refractivity contribution is -0.0367. The molecule has 3 atom stereocenters. The summed E-state index contributed by atoms with van der Waals surface area (Å²) in [4.78, 5) is 15.9. The van der Waals surface area contributed by atoms with E-state index in [-0.39, 0.29) is 21.9 Å². The van der Waals surface area contributed by atoms with Gasteiger partial charge in [-0.1, -0.05) is 101 Å². The van der Waals surface area contributed by atoms with Crippen molar-refractivity contribution < 1.29 is 18.3 Å². The number of aromatic nitrogens is 3. The lowest BCUT2D eigenvalue weighted by atomic mass is 9.86. The Kier molecular flexibility index (Phi) is 14.0. The van der Waals surface area contributed by atoms with Crippen LogP contribution in [0, 0.1) is 0 Å². The summed E-state index contributed by atoms with van der Waals surface area (Å²) in [6, 6.07) is 23.8. The number of fused-ring (bicyclic) bond motifs is 1. The molecule has 3 aromatic carbocycles. The molecule has 12 heteroatoms. The monoisotopic (exact) mass is 913 g/mol. The van der Waals surface area contributed by atoms with Gasteiger partial charge < -0.3 is 22.9 Å². The summed E-state index contributed by atoms with van der Waals surface area (Å²) in [5.74, 6) is -0.453. The van der Waals surface area contributed by atoms with E-state index in [0.717, 1.165) is 70.1 Å². The number of halogens is 2. The summed E-state index contributed by atoms with van der Waals surface area (Å²) in [5.41, 5.74) is 7.21. The SMILES string of the molecule is CC(C)(C)[Si](C)(C)OC[C@@H](c1cccc(Cl)c1)c1c(-c2ccc3c(c2)c(C2=CCOCC2)nn3C2CCCCO2)ccn([C@H](CO[Si](C)(C)C(C)(C)C)c2cccc(Cl)c2)c1=O. The lowest BCUT2D eigenvalue weighted by Gasteiger charge is -2.38. The zero-order chi connectivity index (χ0) is 44.6. The van der Waals surface area contributed by atoms with E-state index in [2.05, 4.69) is 109 Å². The number of pyridine rings is 1. The third-order valence-electron chi connectivity index (χ3n) is 13.9. The zero-order valence-electron chi connectivity index (χ0n) is 38.3. The van der Waals surface area contributed by atoms with Crippen LogP contribution < -0.4 is 5.56 Å². The molecule has 0 aliphatic carbocycles. The highest BCUT2D eigenvalue weighted by molar-refractivity contribution is 6.74. The standard InChI is InChI=1S/C50H65Cl2N3O5Si2/c1-49(2,3)61(7,8)59-32-42(35-15-13-17-38(51)29-35)46-40(22-25-54(48(46)56)44(37-16-14-18-39(52)30-37)33-60-62(9,10)50(4,5)6)36-20-21-43-41(31-36)47(34-23-27-57-28-24-34)53-55(43)45-19-11-12-26-58-45/h13-18,20-23,25,29-31,42,44-45H,11-12,19,24,26-28,32-33H2,1-10H3/t42-,44+,45?/m0/s1. The van der Waals surface area contributed by atoms with Gasteiger partial charge in [0.2, 0.25) is 0 Å². The van der Waals surface area contributed by atoms with Crippen molar-refractivity contribution in [3.8, 4) is 11.1 Å². The molecule has 0 spiro atoms. The van der Waals surface area contributed by atoms with Crippen LogP contribution in [0.15, 0.2) is 89.9 Å². The predicted molar refractivity (Wildman–Crippen MR) is 261 cm³/mol. The Balaban J connectivity index is 1.48. The Labute approximate surface area is 380 Å². The maximum absolute atomic E-state index is 15.9. The predicted octanol–water partition coefficient (Wildman–Crippen LogP) is 13.4. The summed E-state index contributed by atoms with van der Waals surface area (Å²) < 4.78 is 30.0. The molecule has 5 aromatic rings. The minimum absolute atomic E-state index is 0.0280. The van der Waals surface area contributed by atoms with Gasteiger partial charge in [-0.3, -0.25) is 4.79 Å². The molecule has 0 saturated carbocycles. The van der Waals surface area contributed by atoms with Gasteiger partial charge in [0, 0.05) is 46.3 Å². The molecule has 0 amide bonds. The number of benzene rings is 3. The van der Waals surface area contributed by atoms with Gasteiger partial charge in [0.25, 0.3) is 5.56 Å². The second kappa shape index (κ2) is 18.6. The number of hydrogen-bond donors (Lipinski definition) is 0. The van der Waals surface area contributed by atoms with Crippen molar-refractivity contribution in [2.24, 2.45) is 0 Å². The van der Waals surface area contributed by atoms with Crippen LogP contribution in [0.25, 0.3) is 27.6 Å². The largest absolute Gasteiger partial charge is 0.416 e. The minimum Gasteiger partial charge on any atom is -0.416 e. The highest BCUT2D eigenvalue weighted by Crippen LogP contribution is 2.42. The molecule has 2 aromatic heterocycles. The maximum Gasteiger partial charge on any atom is 0.255 e. The highest BCUT2D eigenvalue weighted by Gasteiger charge is 2.40. The molecule has 1 saturated heterocycles. The average Bonchev–Trinajstić information content (AvgIpc) is 3.61. The Morgan fingerprint density at radius 3 is 2.10 bits per heavy atom. The van der Waals surface area contributed by atoms with Gasteiger partial charge in [-0.05, 0) is 132 Å². The highest BCUT2D eigenvalue weighted by atomic mass is 35.5. The average molecular weight is 915 g/mol. The van der Waals surface area contributed by atoms with E-state index in [4.69, 9.17) is 46.6 Å². The maximum atomic E-state index is 15.9. The van der Waals surface area contributed by atoms with Crippen molar-refractivity contribution in [3.63, 3.8) is 0 Å². The molecule has 2 aliphatic rings. The molecular weight excluding hydrogens is 850 g/mol. The van der Waals surface area contributed by atoms with Crippen molar-refractivity contribution in [3.05, 3.63) is 128 Å². The van der Waals surface area contributed by atoms with Crippen LogP contribution in [0.5, 0.6) is 0 Å². The molecule has 8 nitrogen and oxygen atoms in total. The van der Waals surface area contributed by atoms with Gasteiger partial charge in [-0.2, -0.15) is 5.10 Å². The van der Waals surface area contributed by atoms with Crippen molar-refractivity contribution in [1.29, 1.82) is 0 Å². The van der Waals surface area contributed by atoms with E-state index in [1.54, 1.807) is 0 Å². The first kappa shape index (κ1) is 46.7. The summed E-state index contributed by atoms with van der Waals surface area (Å²) in [7, 11) is -4.53. The van der Waals surface area contributed by atoms with Gasteiger partial charge in [0.05, 0.1) is 37.1 Å². The fraction of sp³-hybridized carbons (Fsp3) is 0.480. The van der Waals surface area contributed by atoms with Crippen molar-refractivity contribution in [2.75, 3.05) is 33.0 Å². The number of rotatable bonds is 13. The number of hydrogen-bond acceptors (Lipinski definition) is 6. The Morgan fingerprint density at radius 2 is 1.48 bits per heavy atom. The molecule has 62 heavy (non-hydrogen) atoms. The topological polar surface area (TPSA) is 76.7 Å². The Hall–Kier alpha value is -3.33. The van der Waals surface area contributed by atoms with Gasteiger partial charge in [-0.25, -0.2) is 4.68 Å². The fourth-order valence-corrected chi connectivity index (χ4v) is 10.4. The molecule has 332 valence electrons. The molecule has 0 radical (unpaired) electrons. The first-order valence-electron chi connectivity index (χ1n) is 22.2. The molecule has 0 bridgehead atoms. The Bertz CT molecular complexity index is 2480. The van der Waals surface area contributed by atoms with Crippen LogP contribution in [0.1, 0.15) is 108 Å². The van der Waals surface area contributed by atoms with Crippen LogP contribution in [-0.4, -0.2) is 64.0 Å². The third kappa shape index (κ3) is 9.98. The normalized spacial score (nSPS) is 17.9. The van der Waals surface area contributed by atoms with Crippen molar-refractivity contribution >= 4 is 56.3 Å². The Morgan fingerprint density at radius 1 is 0.823 bits per heavy atom. The molecule has 7 rings (SSSR count). The van der Waals surface area contributed by atoms with E-state index in [9.17, 15) is 0 Å². The van der Waals surface area contributed by atoms with Crippen LogP contribution in [0.4, 0.5) is 0 Å². The van der Waals surface area contributed by atoms with E-state index in [0.29, 0.717) is 48.6 Å². The first-order chi connectivity index (χ1) is 29.3. The number of nitrogens with zero attached hydrogens (tertiary/aromatic N) is 3. The summed E-state index contributed by atoms with van der Waals surface area (Å²) in [5, 5.41) is 7.42. The van der Waals surface area contributed by atoms with E-state index >= 15 is 4.79 Å². The molecule has 4 heterocycles. The summed E-state index contributed by atoms with van der Waals surface area (Å²) in [6.07, 6.45) is 7.77. The van der Waals surface area contributed by atoms with Crippen LogP contribution in [0.2, 0.25) is 46.3 Å². The van der Waals surface area contributed by atoms with Crippen molar-refractivity contribution in [2.45, 2.75) is 122 Å². The van der Waals surface area contributed by atoms with E-state index in [1.165, 1.54) is 0 Å². The van der Waals surface area contributed by atoms with E-state index < -0.39 is 28.6 Å². The first-order valence-corrected chi connectivity index (χ1v) is 28.8. The van der Waals surface area contributed by atoms with Gasteiger partial charge in [0.1, 0.15) is 0 Å². The summed E-state index contributed by atoms with van der Waals surface area (Å²) >= 11 is 13.5. The second-order valence-corrected chi connectivity index (χ2v) is 30.6. The van der Waals surface area contributed by atoms with Gasteiger partial charge in [0.15, 0.2) is 22.9 Å². The molecule has 1 unspecified atom stereocenters. The molecule has 1 fully saturated rings.